The number of halogens is 1. The smallest absolute Gasteiger partial charge is 0.244 e. The highest BCUT2D eigenvalue weighted by Crippen LogP contribution is 2.15. The van der Waals surface area contributed by atoms with E-state index in [0.29, 0.717) is 11.6 Å². The molecule has 1 unspecified atom stereocenters. The molecule has 92 valence electrons. The molecule has 0 saturated carbocycles. The van der Waals surface area contributed by atoms with Crippen LogP contribution in [-0.4, -0.2) is 25.7 Å². The third-order valence-corrected chi connectivity index (χ3v) is 2.47. The van der Waals surface area contributed by atoms with Crippen molar-refractivity contribution < 1.29 is 9.53 Å². The number of amides is 1. The van der Waals surface area contributed by atoms with Crippen molar-refractivity contribution in [3.63, 3.8) is 0 Å². The first-order valence-corrected chi connectivity index (χ1v) is 5.73. The van der Waals surface area contributed by atoms with Gasteiger partial charge in [0.1, 0.15) is 0 Å². The van der Waals surface area contributed by atoms with Gasteiger partial charge in [-0.25, -0.2) is 0 Å². The Morgan fingerprint density at radius 1 is 1.53 bits per heavy atom. The Bertz CT molecular complexity index is 404. The van der Waals surface area contributed by atoms with Crippen LogP contribution in [0.3, 0.4) is 0 Å². The molecule has 0 spiro atoms. The first-order valence-electron chi connectivity index (χ1n) is 5.35. The first kappa shape index (κ1) is 13.7. The molecule has 0 radical (unpaired) electrons. The van der Waals surface area contributed by atoms with E-state index in [-0.39, 0.29) is 11.9 Å². The average Bonchev–Trinajstić information content (AvgIpc) is 2.28. The minimum absolute atomic E-state index is 0.0107. The first-order chi connectivity index (χ1) is 8.13. The molecular formula is C13H16ClNO2. The van der Waals surface area contributed by atoms with Gasteiger partial charge in [0.25, 0.3) is 0 Å². The monoisotopic (exact) mass is 253 g/mol. The van der Waals surface area contributed by atoms with E-state index < -0.39 is 0 Å². The molecule has 0 aliphatic rings. The summed E-state index contributed by atoms with van der Waals surface area (Å²) in [5.41, 5.74) is 0.823. The van der Waals surface area contributed by atoms with E-state index in [9.17, 15) is 4.79 Å². The van der Waals surface area contributed by atoms with Crippen LogP contribution in [0.2, 0.25) is 5.02 Å². The lowest BCUT2D eigenvalue weighted by atomic mass is 10.2. The second-order valence-corrected chi connectivity index (χ2v) is 4.13. The van der Waals surface area contributed by atoms with E-state index in [1.165, 1.54) is 6.08 Å². The zero-order valence-electron chi connectivity index (χ0n) is 9.94. The van der Waals surface area contributed by atoms with Crippen LogP contribution in [0.15, 0.2) is 30.3 Å². The number of hydrogen-bond donors (Lipinski definition) is 1. The molecule has 0 bridgehead atoms. The molecular weight excluding hydrogens is 238 g/mol. The number of carbonyl (C=O) groups is 1. The van der Waals surface area contributed by atoms with Gasteiger partial charge < -0.3 is 10.1 Å². The maximum atomic E-state index is 11.5. The average molecular weight is 254 g/mol. The van der Waals surface area contributed by atoms with Gasteiger partial charge in [-0.2, -0.15) is 0 Å². The summed E-state index contributed by atoms with van der Waals surface area (Å²) in [7, 11) is 1.60. The van der Waals surface area contributed by atoms with Crippen LogP contribution in [0.25, 0.3) is 6.08 Å². The summed E-state index contributed by atoms with van der Waals surface area (Å²) in [5.74, 6) is -0.158. The van der Waals surface area contributed by atoms with E-state index in [1.807, 2.05) is 25.1 Å². The molecule has 3 nitrogen and oxygen atoms in total. The minimum atomic E-state index is -0.158. The summed E-state index contributed by atoms with van der Waals surface area (Å²) in [6.45, 7) is 2.37. The highest BCUT2D eigenvalue weighted by molar-refractivity contribution is 6.32. The van der Waals surface area contributed by atoms with Crippen LogP contribution in [0, 0.1) is 0 Å². The molecule has 0 aromatic heterocycles. The van der Waals surface area contributed by atoms with E-state index >= 15 is 0 Å². The molecule has 1 rings (SSSR count). The van der Waals surface area contributed by atoms with Gasteiger partial charge in [-0.05, 0) is 24.6 Å². The van der Waals surface area contributed by atoms with Gasteiger partial charge in [0.05, 0.1) is 6.61 Å². The number of methoxy groups -OCH3 is 1. The van der Waals surface area contributed by atoms with Gasteiger partial charge in [0, 0.05) is 24.3 Å². The number of carbonyl (C=O) groups excluding carboxylic acids is 1. The number of rotatable bonds is 5. The Labute approximate surface area is 106 Å². The van der Waals surface area contributed by atoms with Crippen molar-refractivity contribution in [2.75, 3.05) is 13.7 Å². The summed E-state index contributed by atoms with van der Waals surface area (Å²) in [5, 5.41) is 3.40. The summed E-state index contributed by atoms with van der Waals surface area (Å²) >= 11 is 5.96. The van der Waals surface area contributed by atoms with Crippen molar-refractivity contribution in [1.82, 2.24) is 5.32 Å². The fourth-order valence-corrected chi connectivity index (χ4v) is 1.56. The van der Waals surface area contributed by atoms with Crippen LogP contribution in [0.1, 0.15) is 12.5 Å². The van der Waals surface area contributed by atoms with Crippen LogP contribution in [0.4, 0.5) is 0 Å². The lowest BCUT2D eigenvalue weighted by Crippen LogP contribution is -2.34. The molecule has 0 heterocycles. The molecule has 1 aromatic rings. The molecule has 4 heteroatoms. The topological polar surface area (TPSA) is 38.3 Å². The molecule has 17 heavy (non-hydrogen) atoms. The van der Waals surface area contributed by atoms with Gasteiger partial charge in [-0.3, -0.25) is 4.79 Å². The maximum Gasteiger partial charge on any atom is 0.244 e. The summed E-state index contributed by atoms with van der Waals surface area (Å²) in [6, 6.07) is 7.35. The van der Waals surface area contributed by atoms with E-state index in [1.54, 1.807) is 19.3 Å². The fourth-order valence-electron chi connectivity index (χ4n) is 1.36. The molecule has 1 atom stereocenters. The van der Waals surface area contributed by atoms with Crippen molar-refractivity contribution >= 4 is 23.6 Å². The summed E-state index contributed by atoms with van der Waals surface area (Å²) < 4.78 is 4.93. The van der Waals surface area contributed by atoms with Crippen LogP contribution in [0.5, 0.6) is 0 Å². The van der Waals surface area contributed by atoms with Gasteiger partial charge >= 0.3 is 0 Å². The van der Waals surface area contributed by atoms with Gasteiger partial charge in [-0.15, -0.1) is 0 Å². The second kappa shape index (κ2) is 7.09. The Balaban J connectivity index is 2.54. The van der Waals surface area contributed by atoms with E-state index in [0.717, 1.165) is 5.56 Å². The summed E-state index contributed by atoms with van der Waals surface area (Å²) in [4.78, 5) is 11.5. The fraction of sp³-hybridized carbons (Fsp3) is 0.308. The Kier molecular flexibility index (Phi) is 5.73. The van der Waals surface area contributed by atoms with E-state index in [2.05, 4.69) is 5.32 Å². The molecule has 1 aromatic carbocycles. The van der Waals surface area contributed by atoms with Gasteiger partial charge in [0.15, 0.2) is 0 Å². The molecule has 0 saturated heterocycles. The van der Waals surface area contributed by atoms with Crippen LogP contribution >= 0.6 is 11.6 Å². The predicted octanol–water partition coefficient (Wildman–Crippen LogP) is 2.50. The predicted molar refractivity (Wildman–Crippen MR) is 70.0 cm³/mol. The largest absolute Gasteiger partial charge is 0.383 e. The lowest BCUT2D eigenvalue weighted by molar-refractivity contribution is -0.117. The number of hydrogen-bond acceptors (Lipinski definition) is 2. The zero-order chi connectivity index (χ0) is 12.7. The highest BCUT2D eigenvalue weighted by atomic mass is 35.5. The van der Waals surface area contributed by atoms with Crippen molar-refractivity contribution in [1.29, 1.82) is 0 Å². The van der Waals surface area contributed by atoms with Gasteiger partial charge in [-0.1, -0.05) is 29.8 Å². The van der Waals surface area contributed by atoms with E-state index in [4.69, 9.17) is 16.3 Å². The van der Waals surface area contributed by atoms with Crippen molar-refractivity contribution in [2.45, 2.75) is 13.0 Å². The second-order valence-electron chi connectivity index (χ2n) is 3.72. The molecule has 0 fully saturated rings. The Morgan fingerprint density at radius 2 is 2.24 bits per heavy atom. The van der Waals surface area contributed by atoms with Gasteiger partial charge in [0.2, 0.25) is 5.91 Å². The molecule has 0 aliphatic carbocycles. The van der Waals surface area contributed by atoms with Crippen molar-refractivity contribution in [2.24, 2.45) is 0 Å². The van der Waals surface area contributed by atoms with Crippen LogP contribution < -0.4 is 5.32 Å². The SMILES string of the molecule is COCC(C)NC(=O)C=Cc1ccccc1Cl. The Morgan fingerprint density at radius 3 is 2.88 bits per heavy atom. The number of benzene rings is 1. The third kappa shape index (κ3) is 5.02. The minimum Gasteiger partial charge on any atom is -0.383 e. The summed E-state index contributed by atoms with van der Waals surface area (Å²) in [6.07, 6.45) is 3.16. The van der Waals surface area contributed by atoms with Crippen LogP contribution in [-0.2, 0) is 9.53 Å². The lowest BCUT2D eigenvalue weighted by Gasteiger charge is -2.10. The highest BCUT2D eigenvalue weighted by Gasteiger charge is 2.03. The molecule has 1 N–H and O–H groups in total. The van der Waals surface area contributed by atoms with Crippen molar-refractivity contribution in [3.05, 3.63) is 40.9 Å². The van der Waals surface area contributed by atoms with Crippen molar-refractivity contribution in [3.8, 4) is 0 Å². The number of ether oxygens (including phenoxy) is 1. The quantitative estimate of drug-likeness (QED) is 0.819. The maximum absolute atomic E-state index is 11.5. The number of nitrogens with one attached hydrogen (secondary N) is 1. The molecule has 1 amide bonds. The Hall–Kier alpha value is -1.32. The third-order valence-electron chi connectivity index (χ3n) is 2.12. The normalized spacial score (nSPS) is 12.6. The zero-order valence-corrected chi connectivity index (χ0v) is 10.7. The molecule has 0 aliphatic heterocycles. The standard InChI is InChI=1S/C13H16ClNO2/c1-10(9-17-2)15-13(16)8-7-11-5-3-4-6-12(11)14/h3-8,10H,9H2,1-2H3,(H,15,16).